The summed E-state index contributed by atoms with van der Waals surface area (Å²) in [4.78, 5) is 0. The van der Waals surface area contributed by atoms with Crippen molar-refractivity contribution in [3.05, 3.63) is 35.9 Å². The molecular formula is C19H16F16O. The van der Waals surface area contributed by atoms with Gasteiger partial charge < -0.3 is 0 Å². The number of alkyl halides is 16. The second kappa shape index (κ2) is 9.42. The fraction of sp³-hybridized carbons (Fsp3) is 0.684. The summed E-state index contributed by atoms with van der Waals surface area (Å²) in [5, 5.41) is 0. The minimum Gasteiger partial charge on any atom is -0.247 e. The third kappa shape index (κ3) is 5.49. The van der Waals surface area contributed by atoms with Crippen LogP contribution in [0.25, 0.3) is 0 Å². The Bertz CT molecular complexity index is 872. The van der Waals surface area contributed by atoms with Gasteiger partial charge in [-0.3, -0.25) is 0 Å². The standard InChI is InChI=1S/C19H16F16O/c1-3-11(10-7-5-4-6-8-10)13(22,12(2,20)21)9-14(23,16(26,27)28)18(32,33)36-19(34,35)15(24,25)17(29,30)31/h4-8,11H,3,9H2,1-2H3. The van der Waals surface area contributed by atoms with Crippen LogP contribution in [0, 0.1) is 0 Å². The molecule has 3 unspecified atom stereocenters. The SMILES string of the molecule is CCC(c1ccccc1)C(F)(CC(F)(C(F)(F)F)C(F)(F)OC(F)(F)C(F)(F)C(F)(F)F)C(C)(F)F. The molecule has 210 valence electrons. The molecule has 1 aromatic rings. The van der Waals surface area contributed by atoms with Crippen LogP contribution in [0.1, 0.15) is 38.2 Å². The molecule has 0 fully saturated rings. The van der Waals surface area contributed by atoms with Crippen molar-refractivity contribution in [2.75, 3.05) is 0 Å². The van der Waals surface area contributed by atoms with Gasteiger partial charge in [-0.15, -0.1) is 0 Å². The first-order valence-corrected chi connectivity index (χ1v) is 9.49. The van der Waals surface area contributed by atoms with Crippen LogP contribution in [-0.4, -0.2) is 47.8 Å². The molecular weight excluding hydrogens is 548 g/mol. The van der Waals surface area contributed by atoms with Crippen molar-refractivity contribution in [2.24, 2.45) is 0 Å². The Morgan fingerprint density at radius 2 is 1.11 bits per heavy atom. The van der Waals surface area contributed by atoms with Gasteiger partial charge in [-0.1, -0.05) is 37.3 Å². The van der Waals surface area contributed by atoms with Gasteiger partial charge in [0.15, 0.2) is 5.67 Å². The van der Waals surface area contributed by atoms with Gasteiger partial charge in [-0.25, -0.2) is 22.3 Å². The number of ether oxygens (including phenoxy) is 1. The fourth-order valence-corrected chi connectivity index (χ4v) is 3.29. The van der Waals surface area contributed by atoms with Gasteiger partial charge in [0.2, 0.25) is 0 Å². The van der Waals surface area contributed by atoms with Gasteiger partial charge in [0.25, 0.3) is 11.6 Å². The van der Waals surface area contributed by atoms with E-state index in [0.29, 0.717) is 0 Å². The van der Waals surface area contributed by atoms with Gasteiger partial charge in [0.1, 0.15) is 0 Å². The summed E-state index contributed by atoms with van der Waals surface area (Å²) in [6.45, 7) is 0.402. The molecule has 0 aliphatic heterocycles. The Hall–Kier alpha value is -1.94. The summed E-state index contributed by atoms with van der Waals surface area (Å²) in [6.07, 6.45) is -34.4. The lowest BCUT2D eigenvalue weighted by Gasteiger charge is -2.44. The Morgan fingerprint density at radius 3 is 1.44 bits per heavy atom. The molecule has 3 atom stereocenters. The van der Waals surface area contributed by atoms with Crippen molar-refractivity contribution in [3.8, 4) is 0 Å². The Balaban J connectivity index is 3.77. The second-order valence-corrected chi connectivity index (χ2v) is 7.81. The van der Waals surface area contributed by atoms with E-state index >= 15 is 4.39 Å². The number of benzene rings is 1. The van der Waals surface area contributed by atoms with Crippen LogP contribution in [0.4, 0.5) is 70.2 Å². The van der Waals surface area contributed by atoms with Gasteiger partial charge in [0, 0.05) is 19.3 Å². The zero-order chi connectivity index (χ0) is 28.8. The molecule has 1 rings (SSSR count). The van der Waals surface area contributed by atoms with Gasteiger partial charge in [-0.2, -0.15) is 52.7 Å². The highest BCUT2D eigenvalue weighted by Gasteiger charge is 2.83. The Labute approximate surface area is 192 Å². The maximum Gasteiger partial charge on any atom is 0.462 e. The monoisotopic (exact) mass is 564 g/mol. The molecule has 0 aliphatic carbocycles. The molecule has 0 saturated carbocycles. The summed E-state index contributed by atoms with van der Waals surface area (Å²) in [7, 11) is 0. The van der Waals surface area contributed by atoms with Gasteiger partial charge in [0.05, 0.1) is 0 Å². The average molecular weight is 564 g/mol. The van der Waals surface area contributed by atoms with Crippen LogP contribution in [0.15, 0.2) is 30.3 Å². The zero-order valence-corrected chi connectivity index (χ0v) is 17.8. The molecule has 0 bridgehead atoms. The van der Waals surface area contributed by atoms with Crippen molar-refractivity contribution < 1.29 is 75.0 Å². The van der Waals surface area contributed by atoms with E-state index in [1.807, 2.05) is 0 Å². The number of rotatable bonds is 10. The average Bonchev–Trinajstić information content (AvgIpc) is 2.65. The molecule has 0 amide bonds. The van der Waals surface area contributed by atoms with Crippen molar-refractivity contribution in [1.82, 2.24) is 0 Å². The van der Waals surface area contributed by atoms with E-state index in [2.05, 4.69) is 0 Å². The first-order chi connectivity index (χ1) is 15.7. The lowest BCUT2D eigenvalue weighted by Crippen LogP contribution is -2.66. The van der Waals surface area contributed by atoms with Crippen LogP contribution in [0.2, 0.25) is 0 Å². The minimum atomic E-state index is -7.60. The Kier molecular flexibility index (Phi) is 8.40. The van der Waals surface area contributed by atoms with E-state index in [1.165, 1.54) is 6.07 Å². The molecule has 0 radical (unpaired) electrons. The predicted molar refractivity (Wildman–Crippen MR) is 90.4 cm³/mol. The molecule has 0 aliphatic rings. The quantitative estimate of drug-likeness (QED) is 0.259. The van der Waals surface area contributed by atoms with Crippen LogP contribution < -0.4 is 0 Å². The van der Waals surface area contributed by atoms with Crippen LogP contribution in [-0.2, 0) is 4.74 Å². The fourth-order valence-electron chi connectivity index (χ4n) is 3.29. The summed E-state index contributed by atoms with van der Waals surface area (Å²) in [6, 6.07) is 4.94. The lowest BCUT2D eigenvalue weighted by atomic mass is 9.72. The molecule has 0 saturated heterocycles. The third-order valence-electron chi connectivity index (χ3n) is 5.28. The zero-order valence-electron chi connectivity index (χ0n) is 17.8. The molecule has 0 aromatic heterocycles. The van der Waals surface area contributed by atoms with Crippen molar-refractivity contribution in [2.45, 2.75) is 80.4 Å². The molecule has 1 aromatic carbocycles. The van der Waals surface area contributed by atoms with E-state index in [-0.39, 0.29) is 0 Å². The topological polar surface area (TPSA) is 9.23 Å². The highest BCUT2D eigenvalue weighted by molar-refractivity contribution is 5.26. The minimum absolute atomic E-state index is 0.458. The van der Waals surface area contributed by atoms with Crippen molar-refractivity contribution in [3.63, 3.8) is 0 Å². The molecule has 17 heteroatoms. The summed E-state index contributed by atoms with van der Waals surface area (Å²) in [5.41, 5.74) is -12.5. The second-order valence-electron chi connectivity index (χ2n) is 7.81. The molecule has 0 spiro atoms. The third-order valence-corrected chi connectivity index (χ3v) is 5.28. The van der Waals surface area contributed by atoms with Crippen LogP contribution >= 0.6 is 0 Å². The van der Waals surface area contributed by atoms with Crippen molar-refractivity contribution in [1.29, 1.82) is 0 Å². The first kappa shape index (κ1) is 32.1. The Morgan fingerprint density at radius 1 is 0.667 bits per heavy atom. The van der Waals surface area contributed by atoms with Crippen LogP contribution in [0.5, 0.6) is 0 Å². The van der Waals surface area contributed by atoms with E-state index < -0.39 is 79.0 Å². The number of halogens is 16. The summed E-state index contributed by atoms with van der Waals surface area (Å²) in [5.74, 6) is -15.3. The highest BCUT2D eigenvalue weighted by atomic mass is 19.4. The van der Waals surface area contributed by atoms with Crippen molar-refractivity contribution >= 4 is 0 Å². The first-order valence-electron chi connectivity index (χ1n) is 9.49. The smallest absolute Gasteiger partial charge is 0.247 e. The maximum absolute atomic E-state index is 15.7. The normalized spacial score (nSPS) is 18.9. The number of hydrogen-bond donors (Lipinski definition) is 0. The molecule has 1 nitrogen and oxygen atoms in total. The van der Waals surface area contributed by atoms with Crippen LogP contribution in [0.3, 0.4) is 0 Å². The van der Waals surface area contributed by atoms with E-state index in [1.54, 1.807) is 4.74 Å². The maximum atomic E-state index is 15.7. The summed E-state index contributed by atoms with van der Waals surface area (Å²) < 4.78 is 218. The lowest BCUT2D eigenvalue weighted by molar-refractivity contribution is -0.502. The molecule has 0 N–H and O–H groups in total. The highest BCUT2D eigenvalue weighted by Crippen LogP contribution is 2.59. The van der Waals surface area contributed by atoms with E-state index in [9.17, 15) is 65.9 Å². The number of hydrogen-bond acceptors (Lipinski definition) is 1. The largest absolute Gasteiger partial charge is 0.462 e. The van der Waals surface area contributed by atoms with Gasteiger partial charge >= 0.3 is 30.5 Å². The molecule has 0 heterocycles. The van der Waals surface area contributed by atoms with E-state index in [0.717, 1.165) is 31.2 Å². The van der Waals surface area contributed by atoms with Gasteiger partial charge in [-0.05, 0) is 12.0 Å². The van der Waals surface area contributed by atoms with E-state index in [4.69, 9.17) is 0 Å². The summed E-state index contributed by atoms with van der Waals surface area (Å²) >= 11 is 0. The predicted octanol–water partition coefficient (Wildman–Crippen LogP) is 8.60. The molecule has 36 heavy (non-hydrogen) atoms.